The van der Waals surface area contributed by atoms with Gasteiger partial charge in [-0.2, -0.15) is 13.2 Å². The standard InChI is InChI=1S/C60H40F3N4OS.Pt/c1-59(2,3)45-25-26-49(48(33-45)35-13-5-4-6-14-35)67-50-23-12-22-46(54(50)66-58(67)47-21-7-8-24-51(47)68)43-30-42-31-44(32-43)53-57-55(65-34-64-53)52(60(61,62)63)56(69-57)41-20-11-18-39(29-41)37-16-9-15-36(27-37)38-17-10-19-40(42)28-38;/h4-31,33-34,68H,1-3H3;/q-1;. The molecule has 344 valence electrons. The Bertz CT molecular complexity index is 3850. The minimum Gasteiger partial charge on any atom is -0.507 e. The van der Waals surface area contributed by atoms with Crippen LogP contribution in [-0.4, -0.2) is 24.6 Å². The largest absolute Gasteiger partial charge is 0.507 e. The summed E-state index contributed by atoms with van der Waals surface area (Å²) in [6.07, 6.45) is -3.49. The number of halogens is 3. The van der Waals surface area contributed by atoms with Crippen LogP contribution in [0.1, 0.15) is 31.9 Å². The van der Waals surface area contributed by atoms with Crippen molar-refractivity contribution >= 4 is 32.6 Å². The molecule has 8 aromatic carbocycles. The van der Waals surface area contributed by atoms with E-state index in [1.54, 1.807) is 24.3 Å². The Morgan fingerprint density at radius 2 is 1.13 bits per heavy atom. The number of benzene rings is 8. The number of aromatic hydroxyl groups is 1. The second kappa shape index (κ2) is 17.2. The number of para-hydroxylation sites is 2. The van der Waals surface area contributed by atoms with Crippen LogP contribution in [0.3, 0.4) is 0 Å². The molecule has 1 aliphatic heterocycles. The molecule has 0 aliphatic carbocycles. The first kappa shape index (κ1) is 45.0. The summed E-state index contributed by atoms with van der Waals surface area (Å²) in [5, 5.41) is 11.5. The number of nitrogens with zero attached hydrogens (tertiary/aromatic N) is 4. The van der Waals surface area contributed by atoms with E-state index in [0.29, 0.717) is 44.0 Å². The summed E-state index contributed by atoms with van der Waals surface area (Å²) >= 11 is 1.04. The molecular weight excluding hydrogens is 1080 g/mol. The van der Waals surface area contributed by atoms with Gasteiger partial charge < -0.3 is 5.11 Å². The molecule has 0 spiro atoms. The summed E-state index contributed by atoms with van der Waals surface area (Å²) in [6.45, 7) is 6.60. The van der Waals surface area contributed by atoms with E-state index in [-0.39, 0.29) is 42.6 Å². The number of hydrogen-bond acceptors (Lipinski definition) is 5. The fourth-order valence-electron chi connectivity index (χ4n) is 9.62. The number of rotatable bonds is 4. The molecule has 1 aliphatic rings. The van der Waals surface area contributed by atoms with Crippen molar-refractivity contribution in [2.24, 2.45) is 0 Å². The molecule has 0 radical (unpaired) electrons. The zero-order chi connectivity index (χ0) is 47.2. The number of fused-ring (bicyclic) bond motifs is 15. The second-order valence-electron chi connectivity index (χ2n) is 18.5. The van der Waals surface area contributed by atoms with Gasteiger partial charge in [0.15, 0.2) is 0 Å². The summed E-state index contributed by atoms with van der Waals surface area (Å²) in [6, 6.07) is 61.3. The minimum absolute atomic E-state index is 0. The van der Waals surface area contributed by atoms with Gasteiger partial charge in [-0.3, -0.25) is 9.55 Å². The van der Waals surface area contributed by atoms with Gasteiger partial charge in [-0.25, -0.2) is 9.97 Å². The Morgan fingerprint density at radius 3 is 1.80 bits per heavy atom. The van der Waals surface area contributed by atoms with E-state index in [9.17, 15) is 5.11 Å². The fourth-order valence-corrected chi connectivity index (χ4v) is 10.9. The molecule has 0 saturated carbocycles. The smallest absolute Gasteiger partial charge is 0.419 e. The summed E-state index contributed by atoms with van der Waals surface area (Å²) in [4.78, 5) is 14.6. The van der Waals surface area contributed by atoms with Gasteiger partial charge in [0.05, 0.1) is 33.4 Å². The van der Waals surface area contributed by atoms with E-state index in [4.69, 9.17) is 9.97 Å². The predicted octanol–water partition coefficient (Wildman–Crippen LogP) is 16.5. The number of phenols is 1. The maximum Gasteiger partial charge on any atom is 0.419 e. The first-order valence-corrected chi connectivity index (χ1v) is 23.4. The van der Waals surface area contributed by atoms with E-state index in [1.807, 2.05) is 91.0 Å². The molecule has 0 saturated heterocycles. The molecule has 70 heavy (non-hydrogen) atoms. The van der Waals surface area contributed by atoms with Crippen LogP contribution in [0.4, 0.5) is 13.2 Å². The molecular formula is C60H40F3N4OPtS-. The molecule has 10 bridgehead atoms. The van der Waals surface area contributed by atoms with Crippen molar-refractivity contribution in [1.82, 2.24) is 19.5 Å². The zero-order valence-corrected chi connectivity index (χ0v) is 41.0. The van der Waals surface area contributed by atoms with Gasteiger partial charge in [-0.05, 0) is 98.5 Å². The molecule has 0 atom stereocenters. The Labute approximate surface area is 420 Å². The van der Waals surface area contributed by atoms with Crippen LogP contribution in [0.25, 0.3) is 116 Å². The number of alkyl halides is 3. The Morgan fingerprint density at radius 1 is 0.543 bits per heavy atom. The second-order valence-corrected chi connectivity index (χ2v) is 19.5. The van der Waals surface area contributed by atoms with Crippen LogP contribution in [0.15, 0.2) is 182 Å². The van der Waals surface area contributed by atoms with Gasteiger partial charge in [0.1, 0.15) is 17.9 Å². The quantitative estimate of drug-likeness (QED) is 0.178. The van der Waals surface area contributed by atoms with Crippen LogP contribution < -0.4 is 0 Å². The normalized spacial score (nSPS) is 12.1. The van der Waals surface area contributed by atoms with Crippen LogP contribution >= 0.6 is 11.3 Å². The third-order valence-electron chi connectivity index (χ3n) is 13.0. The number of aromatic nitrogens is 4. The number of imidazole rings is 1. The van der Waals surface area contributed by atoms with Gasteiger partial charge in [0.2, 0.25) is 0 Å². The predicted molar refractivity (Wildman–Crippen MR) is 273 cm³/mol. The minimum atomic E-state index is -4.71. The summed E-state index contributed by atoms with van der Waals surface area (Å²) in [5.41, 5.74) is 13.0. The van der Waals surface area contributed by atoms with Crippen molar-refractivity contribution in [3.63, 3.8) is 0 Å². The van der Waals surface area contributed by atoms with Crippen molar-refractivity contribution in [2.75, 3.05) is 0 Å². The van der Waals surface area contributed by atoms with Gasteiger partial charge in [0, 0.05) is 41.9 Å². The molecule has 12 rings (SSSR count). The van der Waals surface area contributed by atoms with E-state index in [1.165, 1.54) is 11.9 Å². The maximum absolute atomic E-state index is 15.4. The van der Waals surface area contributed by atoms with Crippen molar-refractivity contribution in [1.29, 1.82) is 0 Å². The molecule has 4 heterocycles. The maximum atomic E-state index is 15.4. The number of hydrogen-bond donors (Lipinski definition) is 1. The van der Waals surface area contributed by atoms with Crippen molar-refractivity contribution < 1.29 is 39.3 Å². The third kappa shape index (κ3) is 7.74. The van der Waals surface area contributed by atoms with Crippen molar-refractivity contribution in [3.05, 3.63) is 199 Å². The van der Waals surface area contributed by atoms with E-state index < -0.39 is 11.7 Å². The van der Waals surface area contributed by atoms with Gasteiger partial charge in [-0.1, -0.05) is 153 Å². The molecule has 11 aromatic rings. The molecule has 10 heteroatoms. The molecule has 0 fully saturated rings. The molecule has 5 nitrogen and oxygen atoms in total. The first-order chi connectivity index (χ1) is 33.4. The molecule has 1 N–H and O–H groups in total. The van der Waals surface area contributed by atoms with Crippen LogP contribution in [0.5, 0.6) is 5.75 Å². The Kier molecular flexibility index (Phi) is 11.1. The summed E-state index contributed by atoms with van der Waals surface area (Å²) < 4.78 is 48.6. The third-order valence-corrected chi connectivity index (χ3v) is 14.3. The van der Waals surface area contributed by atoms with Gasteiger partial charge in [-0.15, -0.1) is 35.1 Å². The van der Waals surface area contributed by atoms with Crippen molar-refractivity contribution in [2.45, 2.75) is 32.4 Å². The summed E-state index contributed by atoms with van der Waals surface area (Å²) in [5.74, 6) is 0.619. The van der Waals surface area contributed by atoms with Crippen LogP contribution in [-0.2, 0) is 32.7 Å². The average molecular weight is 1120 g/mol. The van der Waals surface area contributed by atoms with E-state index in [0.717, 1.165) is 72.6 Å². The molecule has 0 unspecified atom stereocenters. The molecule has 3 aromatic heterocycles. The van der Waals surface area contributed by atoms with Gasteiger partial charge >= 0.3 is 6.18 Å². The fraction of sp³-hybridized carbons (Fsp3) is 0.0833. The monoisotopic (exact) mass is 1120 g/mol. The average Bonchev–Trinajstić information content (AvgIpc) is 3.96. The Balaban J connectivity index is 0.00000533. The first-order valence-electron chi connectivity index (χ1n) is 22.6. The van der Waals surface area contributed by atoms with E-state index >= 15 is 13.2 Å². The van der Waals surface area contributed by atoms with Gasteiger partial charge in [0.25, 0.3) is 0 Å². The molecule has 0 amide bonds. The van der Waals surface area contributed by atoms with Crippen molar-refractivity contribution in [3.8, 4) is 100 Å². The van der Waals surface area contributed by atoms with E-state index in [2.05, 4.69) is 97.1 Å². The van der Waals surface area contributed by atoms with Crippen LogP contribution in [0.2, 0.25) is 0 Å². The number of phenolic OH excluding ortho intramolecular Hbond substituents is 1. The SMILES string of the molecule is CC(C)(C)c1ccc(-n2c(-c3ccccc3O)nc3c(-c4[c-]c5cc(c4)-c4cccc(c4)-c4cccc(c4)-c4cccc(c4)-c4sc6c-5ncnc6c4C(F)(F)F)cccc32)c(-c2ccccc2)c1.[Pt]. The van der Waals surface area contributed by atoms with Crippen LogP contribution in [0, 0.1) is 6.07 Å². The topological polar surface area (TPSA) is 63.8 Å². The number of thiophene rings is 1. The zero-order valence-electron chi connectivity index (χ0n) is 37.9. The summed E-state index contributed by atoms with van der Waals surface area (Å²) in [7, 11) is 0. The Hall–Kier alpha value is -7.45.